The molecule has 6 heteroatoms. The van der Waals surface area contributed by atoms with E-state index in [1.165, 1.54) is 0 Å². The second-order valence-corrected chi connectivity index (χ2v) is 7.44. The number of carbonyl (C=O) groups is 2. The number of esters is 1. The number of hydrogen-bond acceptors (Lipinski definition) is 4. The molecule has 2 aliphatic heterocycles. The fourth-order valence-corrected chi connectivity index (χ4v) is 5.53. The third-order valence-electron chi connectivity index (χ3n) is 6.44. The van der Waals surface area contributed by atoms with Crippen molar-refractivity contribution in [3.8, 4) is 0 Å². The van der Waals surface area contributed by atoms with Crippen LogP contribution in [0.15, 0.2) is 12.2 Å². The molecule has 0 aromatic heterocycles. The van der Waals surface area contributed by atoms with Crippen LogP contribution in [0.5, 0.6) is 0 Å². The summed E-state index contributed by atoms with van der Waals surface area (Å²) in [5.41, 5.74) is -2.72. The van der Waals surface area contributed by atoms with E-state index in [9.17, 15) is 14.7 Å². The van der Waals surface area contributed by atoms with Crippen LogP contribution < -0.4 is 5.32 Å². The summed E-state index contributed by atoms with van der Waals surface area (Å²) in [6, 6.07) is 0. The summed E-state index contributed by atoms with van der Waals surface area (Å²) in [4.78, 5) is 24.4. The summed E-state index contributed by atoms with van der Waals surface area (Å²) in [6.07, 6.45) is 6.68. The summed E-state index contributed by atoms with van der Waals surface area (Å²) in [6.45, 7) is 1.88. The molecule has 1 amide bonds. The van der Waals surface area contributed by atoms with Crippen LogP contribution in [0.25, 0.3) is 0 Å². The van der Waals surface area contributed by atoms with E-state index >= 15 is 0 Å². The van der Waals surface area contributed by atoms with E-state index in [0.717, 1.165) is 19.3 Å². The highest BCUT2D eigenvalue weighted by molar-refractivity contribution is 6.18. The van der Waals surface area contributed by atoms with Crippen molar-refractivity contribution in [3.63, 3.8) is 0 Å². The van der Waals surface area contributed by atoms with Gasteiger partial charge in [-0.05, 0) is 25.7 Å². The Balaban J connectivity index is 1.71. The molecular formula is C16H20ClNO4. The number of ether oxygens (including phenoxy) is 1. The number of rotatable bonds is 4. The lowest BCUT2D eigenvalue weighted by Gasteiger charge is -2.41. The first-order valence-electron chi connectivity index (χ1n) is 7.93. The van der Waals surface area contributed by atoms with Crippen LogP contribution in [-0.2, 0) is 14.3 Å². The van der Waals surface area contributed by atoms with Gasteiger partial charge in [0.05, 0.1) is 11.3 Å². The quantitative estimate of drug-likeness (QED) is 0.461. The smallest absolute Gasteiger partial charge is 0.337 e. The van der Waals surface area contributed by atoms with Crippen LogP contribution in [0.2, 0.25) is 0 Å². The van der Waals surface area contributed by atoms with E-state index in [1.54, 1.807) is 0 Å². The molecule has 5 nitrogen and oxygen atoms in total. The Labute approximate surface area is 134 Å². The maximum Gasteiger partial charge on any atom is 0.337 e. The van der Waals surface area contributed by atoms with Crippen molar-refractivity contribution in [1.82, 2.24) is 5.32 Å². The molecule has 4 aliphatic rings. The Bertz CT molecular complexity index is 593. The van der Waals surface area contributed by atoms with Gasteiger partial charge in [-0.15, -0.1) is 11.6 Å². The maximum absolute atomic E-state index is 12.2. The molecule has 120 valence electrons. The zero-order valence-electron chi connectivity index (χ0n) is 12.5. The SMILES string of the molecule is C[C@@]12[C@@H](CCCl)C(=O)NC13C(=O)O[C@]32[C@@H](O)[C@@H]1C=CCCC1. The molecule has 2 N–H and O–H groups in total. The van der Waals surface area contributed by atoms with Gasteiger partial charge in [0, 0.05) is 11.8 Å². The zero-order valence-corrected chi connectivity index (χ0v) is 13.2. The van der Waals surface area contributed by atoms with Crippen LogP contribution in [0.1, 0.15) is 32.6 Å². The van der Waals surface area contributed by atoms with Crippen LogP contribution in [-0.4, -0.2) is 40.1 Å². The van der Waals surface area contributed by atoms with Crippen LogP contribution in [0, 0.1) is 17.3 Å². The van der Waals surface area contributed by atoms with Gasteiger partial charge in [0.2, 0.25) is 5.91 Å². The first kappa shape index (κ1) is 14.5. The number of fused-ring (bicyclic) bond motifs is 1. The van der Waals surface area contributed by atoms with Gasteiger partial charge in [0.1, 0.15) is 6.10 Å². The number of piperidine rings is 1. The Hall–Kier alpha value is -1.07. The number of hydrogen-bond donors (Lipinski definition) is 2. The molecule has 1 unspecified atom stereocenters. The summed E-state index contributed by atoms with van der Waals surface area (Å²) >= 11 is 5.84. The minimum Gasteiger partial charge on any atom is -0.450 e. The third-order valence-corrected chi connectivity index (χ3v) is 6.66. The van der Waals surface area contributed by atoms with Crippen molar-refractivity contribution in [3.05, 3.63) is 12.2 Å². The minimum absolute atomic E-state index is 0.0327. The summed E-state index contributed by atoms with van der Waals surface area (Å²) in [5.74, 6) is -0.651. The van der Waals surface area contributed by atoms with Gasteiger partial charge in [-0.3, -0.25) is 4.79 Å². The van der Waals surface area contributed by atoms with Gasteiger partial charge in [0.15, 0.2) is 11.1 Å². The van der Waals surface area contributed by atoms with Crippen LogP contribution >= 0.6 is 11.6 Å². The van der Waals surface area contributed by atoms with E-state index in [4.69, 9.17) is 16.3 Å². The molecular weight excluding hydrogens is 306 g/mol. The molecule has 2 heterocycles. The monoisotopic (exact) mass is 325 g/mol. The number of amides is 1. The lowest BCUT2D eigenvalue weighted by atomic mass is 9.79. The highest BCUT2D eigenvalue weighted by Gasteiger charge is 3.05. The molecule has 0 aromatic rings. The molecule has 6 atom stereocenters. The highest BCUT2D eigenvalue weighted by Crippen LogP contribution is 2.82. The Morgan fingerprint density at radius 1 is 1.55 bits per heavy atom. The molecule has 22 heavy (non-hydrogen) atoms. The molecule has 0 radical (unpaired) electrons. The van der Waals surface area contributed by atoms with Gasteiger partial charge in [-0.2, -0.15) is 0 Å². The minimum atomic E-state index is -1.04. The Morgan fingerprint density at radius 2 is 2.32 bits per heavy atom. The second kappa shape index (κ2) is 4.26. The van der Waals surface area contributed by atoms with Crippen molar-refractivity contribution in [2.75, 3.05) is 5.88 Å². The molecule has 3 fully saturated rings. The van der Waals surface area contributed by atoms with Gasteiger partial charge in [-0.1, -0.05) is 19.1 Å². The lowest BCUT2D eigenvalue weighted by molar-refractivity contribution is -0.199. The number of alkyl halides is 1. The fourth-order valence-electron chi connectivity index (χ4n) is 5.31. The topological polar surface area (TPSA) is 75.6 Å². The number of carbonyl (C=O) groups excluding carboxylic acids is 2. The predicted octanol–water partition coefficient (Wildman–Crippen LogP) is 1.13. The van der Waals surface area contributed by atoms with Crippen molar-refractivity contribution in [1.29, 1.82) is 0 Å². The molecule has 1 spiro atoms. The van der Waals surface area contributed by atoms with E-state index < -0.39 is 34.5 Å². The number of aliphatic hydroxyl groups is 1. The van der Waals surface area contributed by atoms with Crippen molar-refractivity contribution < 1.29 is 19.4 Å². The first-order valence-corrected chi connectivity index (χ1v) is 8.47. The Morgan fingerprint density at radius 3 is 2.91 bits per heavy atom. The van der Waals surface area contributed by atoms with Crippen molar-refractivity contribution >= 4 is 23.5 Å². The maximum atomic E-state index is 12.2. The average Bonchev–Trinajstić information content (AvgIpc) is 2.74. The number of halogens is 1. The number of allylic oxidation sites excluding steroid dienone is 1. The molecule has 2 saturated heterocycles. The van der Waals surface area contributed by atoms with Crippen LogP contribution in [0.4, 0.5) is 0 Å². The van der Waals surface area contributed by atoms with Gasteiger partial charge >= 0.3 is 5.97 Å². The molecule has 0 aromatic carbocycles. The standard InChI is InChI=1S/C16H20ClNO4/c1-14-10(7-8-17)12(20)18-15(14)13(21)22-16(14,15)11(19)9-5-3-2-4-6-9/h3,5,9-11,19H,2,4,6-8H2,1H3,(H,18,20)/t9-,10+,11+,14-,15?,16+/m1/s1. The predicted molar refractivity (Wildman–Crippen MR) is 79.1 cm³/mol. The van der Waals surface area contributed by atoms with Crippen molar-refractivity contribution in [2.24, 2.45) is 17.3 Å². The highest BCUT2D eigenvalue weighted by atomic mass is 35.5. The largest absolute Gasteiger partial charge is 0.450 e. The van der Waals surface area contributed by atoms with E-state index in [2.05, 4.69) is 11.4 Å². The van der Waals surface area contributed by atoms with Gasteiger partial charge < -0.3 is 15.2 Å². The van der Waals surface area contributed by atoms with Gasteiger partial charge in [0.25, 0.3) is 0 Å². The molecule has 4 rings (SSSR count). The first-order chi connectivity index (χ1) is 10.5. The fraction of sp³-hybridized carbons (Fsp3) is 0.750. The molecule has 1 saturated carbocycles. The van der Waals surface area contributed by atoms with E-state index in [1.807, 2.05) is 13.0 Å². The summed E-state index contributed by atoms with van der Waals surface area (Å²) in [5, 5.41) is 13.8. The number of aliphatic hydroxyl groups excluding tert-OH is 1. The lowest BCUT2D eigenvalue weighted by Crippen LogP contribution is -2.65. The van der Waals surface area contributed by atoms with E-state index in [0.29, 0.717) is 12.3 Å². The summed E-state index contributed by atoms with van der Waals surface area (Å²) < 4.78 is 5.52. The normalized spacial score (nSPS) is 49.6. The zero-order chi connectivity index (χ0) is 15.8. The van der Waals surface area contributed by atoms with Gasteiger partial charge in [-0.25, -0.2) is 4.79 Å². The number of nitrogens with one attached hydrogen (secondary N) is 1. The molecule has 0 bridgehead atoms. The van der Waals surface area contributed by atoms with E-state index in [-0.39, 0.29) is 11.8 Å². The van der Waals surface area contributed by atoms with Crippen LogP contribution in [0.3, 0.4) is 0 Å². The molecule has 2 aliphatic carbocycles. The Kier molecular flexibility index (Phi) is 2.81. The summed E-state index contributed by atoms with van der Waals surface area (Å²) in [7, 11) is 0. The van der Waals surface area contributed by atoms with Crippen molar-refractivity contribution in [2.45, 2.75) is 49.9 Å². The third kappa shape index (κ3) is 1.21. The average molecular weight is 326 g/mol. The second-order valence-electron chi connectivity index (χ2n) is 7.06.